The van der Waals surface area contributed by atoms with Crippen molar-refractivity contribution in [2.45, 2.75) is 0 Å². The molecule has 2 rings (SSSR count). The predicted molar refractivity (Wildman–Crippen MR) is 65.8 cm³/mol. The van der Waals surface area contributed by atoms with Crippen LogP contribution in [0.25, 0.3) is 10.9 Å². The third kappa shape index (κ3) is 2.54. The lowest BCUT2D eigenvalue weighted by Crippen LogP contribution is -2.05. The van der Waals surface area contributed by atoms with E-state index in [1.54, 1.807) is 19.2 Å². The van der Waals surface area contributed by atoms with Crippen LogP contribution < -0.4 is 4.74 Å². The molecular formula is C12H12N2O4. The number of ether oxygens (including phenoxy) is 2. The zero-order chi connectivity index (χ0) is 13.0. The zero-order valence-corrected chi connectivity index (χ0v) is 9.83. The first-order valence-electron chi connectivity index (χ1n) is 5.38. The Kier molecular flexibility index (Phi) is 3.69. The van der Waals surface area contributed by atoms with Gasteiger partial charge in [-0.2, -0.15) is 0 Å². The smallest absolute Gasteiger partial charge is 0.367 e. The number of para-hydroxylation sites is 1. The molecule has 0 fully saturated rings. The Morgan fingerprint density at radius 1 is 1.33 bits per heavy atom. The molecule has 1 aromatic carbocycles. The summed E-state index contributed by atoms with van der Waals surface area (Å²) in [7, 11) is 1.57. The van der Waals surface area contributed by atoms with E-state index in [2.05, 4.69) is 4.98 Å². The number of hydrogen-bond donors (Lipinski definition) is 0. The van der Waals surface area contributed by atoms with Gasteiger partial charge < -0.3 is 19.6 Å². The van der Waals surface area contributed by atoms with E-state index in [-0.39, 0.29) is 5.82 Å². The summed E-state index contributed by atoms with van der Waals surface area (Å²) < 4.78 is 10.4. The molecule has 1 heterocycles. The fourth-order valence-electron chi connectivity index (χ4n) is 1.58. The second-order valence-electron chi connectivity index (χ2n) is 3.59. The van der Waals surface area contributed by atoms with E-state index in [9.17, 15) is 10.1 Å². The number of nitro groups is 1. The van der Waals surface area contributed by atoms with Crippen LogP contribution in [0.3, 0.4) is 0 Å². The predicted octanol–water partition coefficient (Wildman–Crippen LogP) is 2.17. The van der Waals surface area contributed by atoms with Gasteiger partial charge in [0.1, 0.15) is 12.4 Å². The van der Waals surface area contributed by atoms with Gasteiger partial charge in [0.2, 0.25) is 0 Å². The fraction of sp³-hybridized carbons (Fsp3) is 0.250. The Morgan fingerprint density at radius 3 is 2.83 bits per heavy atom. The Balaban J connectivity index is 2.43. The monoisotopic (exact) mass is 248 g/mol. The Labute approximate surface area is 103 Å². The average Bonchev–Trinajstić information content (AvgIpc) is 2.38. The van der Waals surface area contributed by atoms with Crippen LogP contribution in [0.4, 0.5) is 5.82 Å². The van der Waals surface area contributed by atoms with Gasteiger partial charge in [0.05, 0.1) is 18.1 Å². The second kappa shape index (κ2) is 5.42. The summed E-state index contributed by atoms with van der Waals surface area (Å²) in [4.78, 5) is 14.2. The fourth-order valence-corrected chi connectivity index (χ4v) is 1.58. The molecule has 94 valence electrons. The van der Waals surface area contributed by atoms with E-state index in [0.717, 1.165) is 5.39 Å². The van der Waals surface area contributed by atoms with Gasteiger partial charge in [-0.25, -0.2) is 0 Å². The van der Waals surface area contributed by atoms with E-state index in [1.807, 2.05) is 12.1 Å². The molecule has 6 nitrogen and oxygen atoms in total. The van der Waals surface area contributed by atoms with E-state index >= 15 is 0 Å². The van der Waals surface area contributed by atoms with E-state index < -0.39 is 4.92 Å². The summed E-state index contributed by atoms with van der Waals surface area (Å²) in [6.45, 7) is 0.756. The minimum Gasteiger partial charge on any atom is -0.490 e. The summed E-state index contributed by atoms with van der Waals surface area (Å²) in [5, 5.41) is 11.5. The van der Waals surface area contributed by atoms with Crippen LogP contribution in [-0.4, -0.2) is 30.2 Å². The van der Waals surface area contributed by atoms with Crippen molar-refractivity contribution < 1.29 is 14.4 Å². The second-order valence-corrected chi connectivity index (χ2v) is 3.59. The number of benzene rings is 1. The lowest BCUT2D eigenvalue weighted by Gasteiger charge is -2.07. The van der Waals surface area contributed by atoms with Gasteiger partial charge in [0.15, 0.2) is 5.52 Å². The van der Waals surface area contributed by atoms with Crippen molar-refractivity contribution >= 4 is 16.7 Å². The molecule has 0 aliphatic heterocycles. The molecule has 18 heavy (non-hydrogen) atoms. The highest BCUT2D eigenvalue weighted by atomic mass is 16.6. The number of nitrogens with zero attached hydrogens (tertiary/aromatic N) is 2. The molecule has 0 unspecified atom stereocenters. The third-order valence-electron chi connectivity index (χ3n) is 2.40. The maximum absolute atomic E-state index is 10.8. The molecular weight excluding hydrogens is 236 g/mol. The summed E-state index contributed by atoms with van der Waals surface area (Å²) in [5.74, 6) is 0.227. The van der Waals surface area contributed by atoms with Gasteiger partial charge in [-0.1, -0.05) is 12.1 Å². The van der Waals surface area contributed by atoms with Crippen molar-refractivity contribution in [2.75, 3.05) is 20.3 Å². The molecule has 0 bridgehead atoms. The minimum absolute atomic E-state index is 0.221. The van der Waals surface area contributed by atoms with Crippen molar-refractivity contribution in [3.63, 3.8) is 0 Å². The van der Waals surface area contributed by atoms with Gasteiger partial charge in [0.25, 0.3) is 0 Å². The van der Waals surface area contributed by atoms with E-state index in [1.165, 1.54) is 6.07 Å². The van der Waals surface area contributed by atoms with Crippen LogP contribution in [0.2, 0.25) is 0 Å². The van der Waals surface area contributed by atoms with Crippen LogP contribution >= 0.6 is 0 Å². The molecule has 0 spiro atoms. The largest absolute Gasteiger partial charge is 0.490 e. The van der Waals surface area contributed by atoms with Crippen LogP contribution in [0.15, 0.2) is 30.3 Å². The molecule has 0 saturated carbocycles. The number of hydrogen-bond acceptors (Lipinski definition) is 5. The molecule has 0 aliphatic rings. The molecule has 0 aliphatic carbocycles. The van der Waals surface area contributed by atoms with Crippen LogP contribution in [0, 0.1) is 10.1 Å². The Hall–Kier alpha value is -2.21. The third-order valence-corrected chi connectivity index (χ3v) is 2.40. The van der Waals surface area contributed by atoms with Crippen molar-refractivity contribution in [2.24, 2.45) is 0 Å². The van der Waals surface area contributed by atoms with E-state index in [0.29, 0.717) is 24.5 Å². The quantitative estimate of drug-likeness (QED) is 0.460. The van der Waals surface area contributed by atoms with Crippen molar-refractivity contribution in [1.82, 2.24) is 4.98 Å². The first kappa shape index (κ1) is 12.3. The number of aromatic nitrogens is 1. The van der Waals surface area contributed by atoms with Crippen LogP contribution in [-0.2, 0) is 4.74 Å². The molecule has 2 aromatic rings. The van der Waals surface area contributed by atoms with Crippen molar-refractivity contribution in [3.8, 4) is 5.75 Å². The lowest BCUT2D eigenvalue weighted by molar-refractivity contribution is -0.389. The standard InChI is InChI=1S/C12H12N2O4/c1-17-6-7-18-11-8-12(14(15)16)13-10-5-3-2-4-9(10)11/h2-5,8H,6-7H2,1H3. The number of pyridine rings is 1. The first-order chi connectivity index (χ1) is 8.72. The SMILES string of the molecule is COCCOc1cc([N+](=O)[O-])nc2ccccc12. The van der Waals surface area contributed by atoms with Crippen molar-refractivity contribution in [1.29, 1.82) is 0 Å². The summed E-state index contributed by atoms with van der Waals surface area (Å²) in [6, 6.07) is 8.47. The molecule has 0 amide bonds. The highest BCUT2D eigenvalue weighted by molar-refractivity contribution is 5.86. The zero-order valence-electron chi connectivity index (χ0n) is 9.83. The normalized spacial score (nSPS) is 10.5. The Bertz CT molecular complexity index is 571. The number of rotatable bonds is 5. The lowest BCUT2D eigenvalue weighted by atomic mass is 10.2. The molecule has 6 heteroatoms. The molecule has 0 atom stereocenters. The number of methoxy groups -OCH3 is 1. The Morgan fingerprint density at radius 2 is 2.11 bits per heavy atom. The van der Waals surface area contributed by atoms with Gasteiger partial charge in [-0.05, 0) is 22.0 Å². The average molecular weight is 248 g/mol. The molecule has 0 saturated heterocycles. The summed E-state index contributed by atoms with van der Waals surface area (Å²) in [6.07, 6.45) is 0. The molecule has 0 radical (unpaired) electrons. The summed E-state index contributed by atoms with van der Waals surface area (Å²) >= 11 is 0. The van der Waals surface area contributed by atoms with Gasteiger partial charge in [0, 0.05) is 7.11 Å². The maximum atomic E-state index is 10.8. The highest BCUT2D eigenvalue weighted by Crippen LogP contribution is 2.28. The summed E-state index contributed by atoms with van der Waals surface area (Å²) in [5.41, 5.74) is 0.541. The van der Waals surface area contributed by atoms with Crippen LogP contribution in [0.1, 0.15) is 0 Å². The maximum Gasteiger partial charge on any atom is 0.367 e. The minimum atomic E-state index is -0.532. The molecule has 1 aromatic heterocycles. The topological polar surface area (TPSA) is 74.5 Å². The van der Waals surface area contributed by atoms with Gasteiger partial charge >= 0.3 is 5.82 Å². The van der Waals surface area contributed by atoms with Gasteiger partial charge in [-0.3, -0.25) is 0 Å². The van der Waals surface area contributed by atoms with Gasteiger partial charge in [-0.15, -0.1) is 0 Å². The highest BCUT2D eigenvalue weighted by Gasteiger charge is 2.15. The first-order valence-corrected chi connectivity index (χ1v) is 5.38. The van der Waals surface area contributed by atoms with Crippen LogP contribution in [0.5, 0.6) is 5.75 Å². The number of fused-ring (bicyclic) bond motifs is 1. The van der Waals surface area contributed by atoms with E-state index in [4.69, 9.17) is 9.47 Å². The van der Waals surface area contributed by atoms with Crippen molar-refractivity contribution in [3.05, 3.63) is 40.4 Å². The molecule has 0 N–H and O–H groups in total.